The second kappa shape index (κ2) is 10.7. The van der Waals surface area contributed by atoms with Crippen LogP contribution in [0.5, 0.6) is 0 Å². The Morgan fingerprint density at radius 1 is 1.43 bits per heavy atom. The fourth-order valence-corrected chi connectivity index (χ4v) is 6.36. The van der Waals surface area contributed by atoms with Crippen molar-refractivity contribution in [1.29, 1.82) is 0 Å². The zero-order chi connectivity index (χ0) is 28.7. The monoisotopic (exact) mass is 607 g/mol. The Morgan fingerprint density at radius 2 is 2.20 bits per heavy atom. The summed E-state index contributed by atoms with van der Waals surface area (Å²) in [5, 5.41) is 24.5. The molecule has 0 saturated carbocycles. The van der Waals surface area contributed by atoms with Crippen LogP contribution in [0.3, 0.4) is 0 Å². The van der Waals surface area contributed by atoms with Crippen molar-refractivity contribution in [2.75, 3.05) is 11.5 Å². The number of aromatic amines is 1. The summed E-state index contributed by atoms with van der Waals surface area (Å²) in [5.41, 5.74) is 6.92. The number of imidazole rings is 1. The number of carboxylic acid groups (broad SMARTS) is 2. The number of halogens is 1. The largest absolute Gasteiger partial charge is 0.478 e. The number of thioether (sulfide) groups is 1. The molecular formula is C22H20ClN8O7S2+. The Kier molecular flexibility index (Phi) is 7.35. The summed E-state index contributed by atoms with van der Waals surface area (Å²) in [6, 6.07) is 0.688. The lowest BCUT2D eigenvalue weighted by atomic mass is 10.0. The van der Waals surface area contributed by atoms with Gasteiger partial charge in [-0.2, -0.15) is 4.57 Å². The number of anilines is 1. The summed E-state index contributed by atoms with van der Waals surface area (Å²) >= 11 is 8.28. The Balaban J connectivity index is 1.37. The van der Waals surface area contributed by atoms with E-state index in [4.69, 9.17) is 27.3 Å². The molecular weight excluding hydrogens is 588 g/mol. The first-order valence-electron chi connectivity index (χ1n) is 11.5. The first-order chi connectivity index (χ1) is 19.0. The molecule has 2 aliphatic heterocycles. The maximum atomic E-state index is 13.2. The van der Waals surface area contributed by atoms with Gasteiger partial charge in [-0.1, -0.05) is 28.1 Å². The van der Waals surface area contributed by atoms with Gasteiger partial charge in [-0.05, 0) is 6.92 Å². The number of β-lactam (4-membered cyclic amide) rings is 1. The van der Waals surface area contributed by atoms with E-state index in [0.29, 0.717) is 5.57 Å². The molecule has 3 atom stereocenters. The average Bonchev–Trinajstić information content (AvgIpc) is 3.51. The van der Waals surface area contributed by atoms with Gasteiger partial charge in [0.05, 0.1) is 6.33 Å². The van der Waals surface area contributed by atoms with Gasteiger partial charge in [0.1, 0.15) is 38.2 Å². The number of aromatic nitrogens is 4. The summed E-state index contributed by atoms with van der Waals surface area (Å²) in [6.07, 6.45) is 3.70. The van der Waals surface area contributed by atoms with Crippen LogP contribution >= 0.6 is 34.7 Å². The second-order valence-corrected chi connectivity index (χ2v) is 11.4. The molecule has 0 aromatic carbocycles. The molecule has 1 saturated heterocycles. The number of carbonyl (C=O) groups excluding carboxylic acids is 2. The molecule has 5 rings (SSSR count). The highest BCUT2D eigenvalue weighted by atomic mass is 35.5. The van der Waals surface area contributed by atoms with E-state index >= 15 is 0 Å². The van der Waals surface area contributed by atoms with Crippen LogP contribution < -0.4 is 15.6 Å². The van der Waals surface area contributed by atoms with Crippen LogP contribution in [0.25, 0.3) is 11.0 Å². The number of pyridine rings is 1. The van der Waals surface area contributed by atoms with Crippen molar-refractivity contribution in [3.8, 4) is 0 Å². The number of hydrogen-bond acceptors (Lipinski definition) is 11. The molecule has 3 aromatic rings. The van der Waals surface area contributed by atoms with Gasteiger partial charge in [0.15, 0.2) is 29.8 Å². The van der Waals surface area contributed by atoms with Crippen molar-refractivity contribution in [3.63, 3.8) is 0 Å². The molecule has 5 heterocycles. The first-order valence-corrected chi connectivity index (χ1v) is 13.7. The Labute approximate surface area is 237 Å². The van der Waals surface area contributed by atoms with Gasteiger partial charge in [0, 0.05) is 17.4 Å². The van der Waals surface area contributed by atoms with E-state index in [1.807, 2.05) is 0 Å². The maximum absolute atomic E-state index is 13.2. The van der Waals surface area contributed by atoms with Gasteiger partial charge in [-0.25, -0.2) is 19.6 Å². The lowest BCUT2D eigenvalue weighted by Crippen LogP contribution is -2.71. The summed E-state index contributed by atoms with van der Waals surface area (Å²) in [7, 11) is 0. The summed E-state index contributed by atoms with van der Waals surface area (Å²) in [4.78, 5) is 66.9. The minimum atomic E-state index is -1.40. The van der Waals surface area contributed by atoms with Crippen LogP contribution in [-0.4, -0.2) is 82.8 Å². The maximum Gasteiger partial charge on any atom is 0.352 e. The minimum Gasteiger partial charge on any atom is -0.478 e. The Hall–Kier alpha value is -4.22. The van der Waals surface area contributed by atoms with Crippen molar-refractivity contribution >= 4 is 80.3 Å². The number of oxime groups is 1. The molecule has 6 N–H and O–H groups in total. The Bertz CT molecular complexity index is 1620. The number of aliphatic carboxylic acids is 2. The summed E-state index contributed by atoms with van der Waals surface area (Å²) in [5.74, 6) is -3.90. The SMILES string of the molecule is C[C@H](O/N=C(\C(=O)N[C@@H]1C(=O)N2C(C(=O)O)=C(C[n+]3ccc4nc[nH]c4c3)CSC12)c1nc(N)sc1Cl)C(=O)O. The predicted molar refractivity (Wildman–Crippen MR) is 142 cm³/mol. The van der Waals surface area contributed by atoms with Crippen LogP contribution in [0.15, 0.2) is 41.2 Å². The fraction of sp³-hybridized carbons (Fsp3) is 0.273. The van der Waals surface area contributed by atoms with E-state index in [1.165, 1.54) is 18.7 Å². The number of amides is 2. The normalized spacial score (nSPS) is 19.7. The third kappa shape index (κ3) is 5.05. The highest BCUT2D eigenvalue weighted by molar-refractivity contribution is 8.00. The Morgan fingerprint density at radius 3 is 2.88 bits per heavy atom. The van der Waals surface area contributed by atoms with Crippen molar-refractivity contribution < 1.29 is 38.8 Å². The number of H-pyrrole nitrogens is 1. The zero-order valence-corrected chi connectivity index (χ0v) is 22.8. The molecule has 3 aromatic heterocycles. The molecule has 18 heteroatoms. The molecule has 1 unspecified atom stereocenters. The molecule has 0 bridgehead atoms. The molecule has 2 aliphatic rings. The molecule has 2 amide bonds. The molecule has 0 spiro atoms. The van der Waals surface area contributed by atoms with Gasteiger partial charge in [0.2, 0.25) is 6.10 Å². The number of nitrogen functional groups attached to an aromatic ring is 1. The lowest BCUT2D eigenvalue weighted by molar-refractivity contribution is -0.687. The average molecular weight is 608 g/mol. The third-order valence-corrected chi connectivity index (χ3v) is 8.44. The fourth-order valence-electron chi connectivity index (χ4n) is 4.09. The van der Waals surface area contributed by atoms with E-state index in [0.717, 1.165) is 27.3 Å². The standard InChI is InChI=1S/C22H19ClN8O7S2/c1-8(20(34)35)38-29-13(12-16(23)40-22(24)28-12)17(32)27-14-18(33)31-15(21(36)37)9(6-39-19(14)31)4-30-3-2-10-11(5-30)26-7-25-10/h2-3,5,7-8,14,19H,4,6H2,1H3,(H5,24,27,28,32,34,35,36,37)/p+1/b29-13-/t8-,14+,19?/m0/s1. The van der Waals surface area contributed by atoms with Crippen LogP contribution in [0.1, 0.15) is 12.6 Å². The van der Waals surface area contributed by atoms with E-state index in [2.05, 4.69) is 25.4 Å². The highest BCUT2D eigenvalue weighted by Gasteiger charge is 2.55. The van der Waals surface area contributed by atoms with Crippen molar-refractivity contribution in [2.24, 2.45) is 5.16 Å². The van der Waals surface area contributed by atoms with Crippen LogP contribution in [0, 0.1) is 0 Å². The number of hydrogen-bond donors (Lipinski definition) is 5. The number of fused-ring (bicyclic) bond motifs is 2. The van der Waals surface area contributed by atoms with E-state index in [9.17, 15) is 24.3 Å². The second-order valence-electron chi connectivity index (χ2n) is 8.64. The molecule has 15 nitrogen and oxygen atoms in total. The van der Waals surface area contributed by atoms with Gasteiger partial charge in [-0.15, -0.1) is 11.8 Å². The van der Waals surface area contributed by atoms with Gasteiger partial charge in [-0.3, -0.25) is 14.5 Å². The highest BCUT2D eigenvalue weighted by Crippen LogP contribution is 2.40. The lowest BCUT2D eigenvalue weighted by Gasteiger charge is -2.49. The van der Waals surface area contributed by atoms with Crippen LogP contribution in [0.2, 0.25) is 4.34 Å². The van der Waals surface area contributed by atoms with E-state index in [1.54, 1.807) is 29.4 Å². The number of carbonyl (C=O) groups is 4. The van der Waals surface area contributed by atoms with E-state index in [-0.39, 0.29) is 33.2 Å². The molecule has 0 radical (unpaired) electrons. The van der Waals surface area contributed by atoms with Crippen molar-refractivity contribution in [1.82, 2.24) is 25.2 Å². The number of thiazole rings is 1. The van der Waals surface area contributed by atoms with Gasteiger partial charge < -0.3 is 31.1 Å². The van der Waals surface area contributed by atoms with Gasteiger partial charge >= 0.3 is 11.9 Å². The topological polar surface area (TPSA) is 217 Å². The van der Waals surface area contributed by atoms with Gasteiger partial charge in [0.25, 0.3) is 11.8 Å². The molecule has 1 fully saturated rings. The quantitative estimate of drug-likeness (QED) is 0.0955. The number of rotatable bonds is 9. The number of nitrogens with one attached hydrogen (secondary N) is 2. The van der Waals surface area contributed by atoms with Crippen molar-refractivity contribution in [2.45, 2.75) is 31.0 Å². The minimum absolute atomic E-state index is 0.00172. The van der Waals surface area contributed by atoms with E-state index < -0.39 is 47.0 Å². The van der Waals surface area contributed by atoms with Crippen molar-refractivity contribution in [3.05, 3.63) is 46.1 Å². The number of nitrogens with zero attached hydrogens (tertiary/aromatic N) is 5. The van der Waals surface area contributed by atoms with Crippen LogP contribution in [-0.2, 0) is 30.6 Å². The molecule has 40 heavy (non-hydrogen) atoms. The predicted octanol–water partition coefficient (Wildman–Crippen LogP) is 0.175. The number of carboxylic acids is 2. The first kappa shape index (κ1) is 27.4. The third-order valence-electron chi connectivity index (χ3n) is 6.02. The molecule has 208 valence electrons. The summed E-state index contributed by atoms with van der Waals surface area (Å²) in [6.45, 7) is 1.42. The summed E-state index contributed by atoms with van der Waals surface area (Å²) < 4.78 is 1.78. The number of nitrogens with two attached hydrogens (primary N) is 1. The van der Waals surface area contributed by atoms with Crippen LogP contribution in [0.4, 0.5) is 5.13 Å². The zero-order valence-electron chi connectivity index (χ0n) is 20.4. The smallest absolute Gasteiger partial charge is 0.352 e. The molecule has 0 aliphatic carbocycles.